The van der Waals surface area contributed by atoms with Gasteiger partial charge >= 0.3 is 0 Å². The zero-order valence-corrected chi connectivity index (χ0v) is 12.8. The summed E-state index contributed by atoms with van der Waals surface area (Å²) in [6.45, 7) is 3.37. The third kappa shape index (κ3) is 4.45. The van der Waals surface area contributed by atoms with E-state index in [0.29, 0.717) is 30.9 Å². The van der Waals surface area contributed by atoms with Gasteiger partial charge in [0.2, 0.25) is 5.91 Å². The Morgan fingerprint density at radius 1 is 1.30 bits per heavy atom. The Kier molecular flexibility index (Phi) is 6.30. The van der Waals surface area contributed by atoms with Crippen molar-refractivity contribution in [3.63, 3.8) is 0 Å². The van der Waals surface area contributed by atoms with Crippen molar-refractivity contribution in [2.45, 2.75) is 70.4 Å². The molecule has 0 aromatic heterocycles. The van der Waals surface area contributed by atoms with Gasteiger partial charge in [0.1, 0.15) is 0 Å². The highest BCUT2D eigenvalue weighted by Crippen LogP contribution is 2.33. The second-order valence-electron chi connectivity index (χ2n) is 6.43. The second kappa shape index (κ2) is 7.99. The Morgan fingerprint density at radius 3 is 2.60 bits per heavy atom. The van der Waals surface area contributed by atoms with Crippen molar-refractivity contribution in [1.82, 2.24) is 5.32 Å². The van der Waals surface area contributed by atoms with Gasteiger partial charge in [0.05, 0.1) is 6.10 Å². The summed E-state index contributed by atoms with van der Waals surface area (Å²) < 4.78 is 5.54. The summed E-state index contributed by atoms with van der Waals surface area (Å²) in [5.41, 5.74) is 5.86. The topological polar surface area (TPSA) is 64.3 Å². The summed E-state index contributed by atoms with van der Waals surface area (Å²) in [6, 6.07) is 0.186. The first-order valence-electron chi connectivity index (χ1n) is 8.34. The molecule has 2 fully saturated rings. The highest BCUT2D eigenvalue weighted by Gasteiger charge is 2.32. The SMILES string of the molecule is CCOC1CC(CC(=O)NC(CN)C2CCCCC2)C1. The van der Waals surface area contributed by atoms with E-state index in [1.54, 1.807) is 0 Å². The minimum Gasteiger partial charge on any atom is -0.378 e. The third-order valence-corrected chi connectivity index (χ3v) is 4.89. The summed E-state index contributed by atoms with van der Waals surface area (Å²) >= 11 is 0. The molecule has 2 aliphatic carbocycles. The predicted molar refractivity (Wildman–Crippen MR) is 80.3 cm³/mol. The van der Waals surface area contributed by atoms with Crippen LogP contribution in [0.3, 0.4) is 0 Å². The Hall–Kier alpha value is -0.610. The van der Waals surface area contributed by atoms with Crippen molar-refractivity contribution in [1.29, 1.82) is 0 Å². The van der Waals surface area contributed by atoms with E-state index in [2.05, 4.69) is 5.32 Å². The van der Waals surface area contributed by atoms with E-state index in [9.17, 15) is 4.79 Å². The highest BCUT2D eigenvalue weighted by atomic mass is 16.5. The van der Waals surface area contributed by atoms with Gasteiger partial charge in [-0.25, -0.2) is 0 Å². The van der Waals surface area contributed by atoms with E-state index >= 15 is 0 Å². The molecule has 116 valence electrons. The fraction of sp³-hybridized carbons (Fsp3) is 0.938. The molecule has 2 aliphatic rings. The van der Waals surface area contributed by atoms with Gasteiger partial charge in [-0.3, -0.25) is 4.79 Å². The van der Waals surface area contributed by atoms with Gasteiger partial charge in [0.15, 0.2) is 0 Å². The van der Waals surface area contributed by atoms with Crippen LogP contribution in [0.5, 0.6) is 0 Å². The molecule has 0 aliphatic heterocycles. The van der Waals surface area contributed by atoms with Gasteiger partial charge in [-0.05, 0) is 44.4 Å². The molecular weight excluding hydrogens is 252 g/mol. The molecule has 2 rings (SSSR count). The number of rotatable bonds is 7. The fourth-order valence-electron chi connectivity index (χ4n) is 3.65. The number of ether oxygens (including phenoxy) is 1. The number of carbonyl (C=O) groups is 1. The number of amides is 1. The number of nitrogens with two attached hydrogens (primary N) is 1. The van der Waals surface area contributed by atoms with E-state index in [0.717, 1.165) is 19.4 Å². The average Bonchev–Trinajstić information content (AvgIpc) is 2.43. The molecule has 0 aromatic rings. The van der Waals surface area contributed by atoms with Crippen LogP contribution in [0.1, 0.15) is 58.3 Å². The predicted octanol–water partition coefficient (Wildman–Crippen LogP) is 2.22. The molecule has 0 saturated heterocycles. The van der Waals surface area contributed by atoms with Crippen LogP contribution < -0.4 is 11.1 Å². The number of hydrogen-bond acceptors (Lipinski definition) is 3. The van der Waals surface area contributed by atoms with E-state index in [4.69, 9.17) is 10.5 Å². The smallest absolute Gasteiger partial charge is 0.220 e. The number of nitrogens with one attached hydrogen (secondary N) is 1. The molecule has 0 aromatic carbocycles. The molecule has 0 spiro atoms. The van der Waals surface area contributed by atoms with Crippen LogP contribution in [0.15, 0.2) is 0 Å². The van der Waals surface area contributed by atoms with Crippen molar-refractivity contribution in [3.8, 4) is 0 Å². The first kappa shape index (κ1) is 15.8. The molecule has 0 heterocycles. The zero-order valence-electron chi connectivity index (χ0n) is 12.8. The minimum atomic E-state index is 0.186. The monoisotopic (exact) mass is 282 g/mol. The molecule has 4 heteroatoms. The average molecular weight is 282 g/mol. The maximum Gasteiger partial charge on any atom is 0.220 e. The fourth-order valence-corrected chi connectivity index (χ4v) is 3.65. The zero-order chi connectivity index (χ0) is 14.4. The van der Waals surface area contributed by atoms with Crippen molar-refractivity contribution in [3.05, 3.63) is 0 Å². The van der Waals surface area contributed by atoms with E-state index in [-0.39, 0.29) is 11.9 Å². The number of carbonyl (C=O) groups excluding carboxylic acids is 1. The molecule has 3 N–H and O–H groups in total. The lowest BCUT2D eigenvalue weighted by molar-refractivity contribution is -0.125. The van der Waals surface area contributed by atoms with E-state index in [1.165, 1.54) is 32.1 Å². The Labute approximate surface area is 122 Å². The van der Waals surface area contributed by atoms with Crippen LogP contribution in [0, 0.1) is 11.8 Å². The summed E-state index contributed by atoms with van der Waals surface area (Å²) in [5, 5.41) is 3.18. The molecule has 2 saturated carbocycles. The van der Waals surface area contributed by atoms with Gasteiger partial charge in [-0.15, -0.1) is 0 Å². The van der Waals surface area contributed by atoms with Crippen molar-refractivity contribution < 1.29 is 9.53 Å². The van der Waals surface area contributed by atoms with Crippen LogP contribution >= 0.6 is 0 Å². The minimum absolute atomic E-state index is 0.186. The van der Waals surface area contributed by atoms with Crippen LogP contribution in [0.4, 0.5) is 0 Å². The van der Waals surface area contributed by atoms with Crippen molar-refractivity contribution >= 4 is 5.91 Å². The van der Waals surface area contributed by atoms with E-state index < -0.39 is 0 Å². The lowest BCUT2D eigenvalue weighted by Gasteiger charge is -2.35. The van der Waals surface area contributed by atoms with Crippen molar-refractivity contribution in [2.75, 3.05) is 13.2 Å². The van der Waals surface area contributed by atoms with Gasteiger partial charge < -0.3 is 15.8 Å². The van der Waals surface area contributed by atoms with Gasteiger partial charge in [0, 0.05) is 25.6 Å². The highest BCUT2D eigenvalue weighted by molar-refractivity contribution is 5.76. The standard InChI is InChI=1S/C16H30N2O2/c1-2-20-14-8-12(9-14)10-16(19)18-15(11-17)13-6-4-3-5-7-13/h12-15H,2-11,17H2,1H3,(H,18,19). The maximum atomic E-state index is 12.1. The van der Waals surface area contributed by atoms with Gasteiger partial charge in [0.25, 0.3) is 0 Å². The Bertz CT molecular complexity index is 297. The summed E-state index contributed by atoms with van der Waals surface area (Å²) in [6.07, 6.45) is 9.47. The lowest BCUT2D eigenvalue weighted by Crippen LogP contribution is -2.47. The summed E-state index contributed by atoms with van der Waals surface area (Å²) in [5.74, 6) is 1.29. The molecule has 1 atom stereocenters. The van der Waals surface area contributed by atoms with Crippen LogP contribution in [-0.4, -0.2) is 31.2 Å². The second-order valence-corrected chi connectivity index (χ2v) is 6.43. The summed E-state index contributed by atoms with van der Waals surface area (Å²) in [7, 11) is 0. The first-order chi connectivity index (χ1) is 9.72. The van der Waals surface area contributed by atoms with Crippen LogP contribution in [-0.2, 0) is 9.53 Å². The van der Waals surface area contributed by atoms with Gasteiger partial charge in [-0.1, -0.05) is 19.3 Å². The molecule has 4 nitrogen and oxygen atoms in total. The number of hydrogen-bond donors (Lipinski definition) is 2. The Balaban J connectivity index is 1.67. The quantitative estimate of drug-likeness (QED) is 0.752. The lowest BCUT2D eigenvalue weighted by atomic mass is 9.79. The normalized spacial score (nSPS) is 28.7. The molecular formula is C16H30N2O2. The molecule has 1 unspecified atom stereocenters. The molecule has 0 bridgehead atoms. The molecule has 20 heavy (non-hydrogen) atoms. The Morgan fingerprint density at radius 2 is 2.00 bits per heavy atom. The first-order valence-corrected chi connectivity index (χ1v) is 8.34. The largest absolute Gasteiger partial charge is 0.378 e. The maximum absolute atomic E-state index is 12.1. The summed E-state index contributed by atoms with van der Waals surface area (Å²) in [4.78, 5) is 12.1. The van der Waals surface area contributed by atoms with Gasteiger partial charge in [-0.2, -0.15) is 0 Å². The van der Waals surface area contributed by atoms with E-state index in [1.807, 2.05) is 6.92 Å². The molecule has 0 radical (unpaired) electrons. The van der Waals surface area contributed by atoms with Crippen molar-refractivity contribution in [2.24, 2.45) is 17.6 Å². The van der Waals surface area contributed by atoms with Crippen LogP contribution in [0.25, 0.3) is 0 Å². The van der Waals surface area contributed by atoms with Crippen LogP contribution in [0.2, 0.25) is 0 Å². The molecule has 1 amide bonds. The third-order valence-electron chi connectivity index (χ3n) is 4.89.